The second kappa shape index (κ2) is 6.90. The van der Waals surface area contributed by atoms with Crippen LogP contribution in [0.2, 0.25) is 0 Å². The number of alkyl halides is 3. The molecule has 0 saturated heterocycles. The first-order chi connectivity index (χ1) is 12.3. The van der Waals surface area contributed by atoms with Crippen LogP contribution in [0.1, 0.15) is 27.0 Å². The largest absolute Gasteiger partial charge is 0.497 e. The molecule has 1 aliphatic rings. The minimum atomic E-state index is -4.48. The Balaban J connectivity index is 1.88. The molecule has 138 valence electrons. The molecule has 26 heavy (non-hydrogen) atoms. The SMILES string of the molecule is COc1cc2c(c(OC)c1)CN(C(=O)c1cccc(C(F)(F)F)c1)CC2. The van der Waals surface area contributed by atoms with Crippen LogP contribution in [0.25, 0.3) is 0 Å². The number of amides is 1. The number of halogens is 3. The lowest BCUT2D eigenvalue weighted by Crippen LogP contribution is -2.36. The summed E-state index contributed by atoms with van der Waals surface area (Å²) in [6, 6.07) is 8.12. The van der Waals surface area contributed by atoms with Gasteiger partial charge in [-0.2, -0.15) is 13.2 Å². The fourth-order valence-corrected chi connectivity index (χ4v) is 3.09. The van der Waals surface area contributed by atoms with E-state index in [2.05, 4.69) is 0 Å². The molecule has 0 fully saturated rings. The molecular weight excluding hydrogens is 347 g/mol. The van der Waals surface area contributed by atoms with Gasteiger partial charge in [-0.25, -0.2) is 0 Å². The highest BCUT2D eigenvalue weighted by Crippen LogP contribution is 2.34. The highest BCUT2D eigenvalue weighted by atomic mass is 19.4. The summed E-state index contributed by atoms with van der Waals surface area (Å²) in [7, 11) is 3.09. The van der Waals surface area contributed by atoms with E-state index in [1.54, 1.807) is 13.2 Å². The van der Waals surface area contributed by atoms with Crippen LogP contribution >= 0.6 is 0 Å². The van der Waals surface area contributed by atoms with Gasteiger partial charge in [-0.3, -0.25) is 4.79 Å². The van der Waals surface area contributed by atoms with E-state index in [0.29, 0.717) is 24.5 Å². The number of ether oxygens (including phenoxy) is 2. The number of carbonyl (C=O) groups excluding carboxylic acids is 1. The number of rotatable bonds is 3. The third-order valence-corrected chi connectivity index (χ3v) is 4.45. The van der Waals surface area contributed by atoms with Crippen molar-refractivity contribution in [3.8, 4) is 11.5 Å². The van der Waals surface area contributed by atoms with Crippen molar-refractivity contribution in [2.45, 2.75) is 19.1 Å². The second-order valence-corrected chi connectivity index (χ2v) is 6.02. The summed E-state index contributed by atoms with van der Waals surface area (Å²) >= 11 is 0. The average molecular weight is 365 g/mol. The van der Waals surface area contributed by atoms with E-state index in [4.69, 9.17) is 9.47 Å². The first-order valence-electron chi connectivity index (χ1n) is 8.04. The molecule has 0 aliphatic carbocycles. The number of benzene rings is 2. The quantitative estimate of drug-likeness (QED) is 0.828. The molecule has 1 heterocycles. The number of fused-ring (bicyclic) bond motifs is 1. The van der Waals surface area contributed by atoms with Crippen molar-refractivity contribution in [2.24, 2.45) is 0 Å². The zero-order chi connectivity index (χ0) is 18.9. The Morgan fingerprint density at radius 3 is 2.54 bits per heavy atom. The topological polar surface area (TPSA) is 38.8 Å². The van der Waals surface area contributed by atoms with Crippen LogP contribution in [-0.2, 0) is 19.1 Å². The van der Waals surface area contributed by atoms with E-state index >= 15 is 0 Å². The molecule has 0 saturated carbocycles. The lowest BCUT2D eigenvalue weighted by molar-refractivity contribution is -0.137. The Kier molecular flexibility index (Phi) is 4.80. The normalized spacial score (nSPS) is 14.0. The smallest absolute Gasteiger partial charge is 0.416 e. The van der Waals surface area contributed by atoms with Crippen molar-refractivity contribution in [1.82, 2.24) is 4.90 Å². The number of carbonyl (C=O) groups is 1. The molecule has 0 radical (unpaired) electrons. The predicted octanol–water partition coefficient (Wildman–Crippen LogP) is 3.92. The van der Waals surface area contributed by atoms with Gasteiger partial charge in [-0.15, -0.1) is 0 Å². The zero-order valence-corrected chi connectivity index (χ0v) is 14.4. The maximum absolute atomic E-state index is 12.9. The molecule has 0 N–H and O–H groups in total. The fraction of sp³-hybridized carbons (Fsp3) is 0.316. The summed E-state index contributed by atoms with van der Waals surface area (Å²) in [5.41, 5.74) is 1.05. The van der Waals surface area contributed by atoms with Crippen LogP contribution in [-0.4, -0.2) is 31.6 Å². The van der Waals surface area contributed by atoms with Crippen LogP contribution in [0.5, 0.6) is 11.5 Å². The van der Waals surface area contributed by atoms with E-state index in [1.807, 2.05) is 6.07 Å². The molecule has 0 spiro atoms. The number of nitrogens with zero attached hydrogens (tertiary/aromatic N) is 1. The Morgan fingerprint density at radius 1 is 1.12 bits per heavy atom. The van der Waals surface area contributed by atoms with Crippen molar-refractivity contribution in [1.29, 1.82) is 0 Å². The molecule has 2 aromatic carbocycles. The Morgan fingerprint density at radius 2 is 1.88 bits per heavy atom. The number of methoxy groups -OCH3 is 2. The van der Waals surface area contributed by atoms with Crippen LogP contribution in [0, 0.1) is 0 Å². The Labute approximate surface area is 149 Å². The first-order valence-corrected chi connectivity index (χ1v) is 8.04. The molecule has 0 unspecified atom stereocenters. The Hall–Kier alpha value is -2.70. The van der Waals surface area contributed by atoms with Crippen LogP contribution in [0.15, 0.2) is 36.4 Å². The summed E-state index contributed by atoms with van der Waals surface area (Å²) in [6.45, 7) is 0.690. The van der Waals surface area contributed by atoms with Gasteiger partial charge in [-0.1, -0.05) is 6.07 Å². The van der Waals surface area contributed by atoms with Crippen molar-refractivity contribution >= 4 is 5.91 Å². The Bertz CT molecular complexity index is 816. The van der Waals surface area contributed by atoms with E-state index in [-0.39, 0.29) is 12.1 Å². The van der Waals surface area contributed by atoms with Gasteiger partial charge < -0.3 is 14.4 Å². The van der Waals surface area contributed by atoms with E-state index in [0.717, 1.165) is 23.3 Å². The molecule has 3 rings (SSSR count). The molecule has 7 heteroatoms. The summed E-state index contributed by atoms with van der Waals surface area (Å²) in [6.07, 6.45) is -3.90. The van der Waals surface area contributed by atoms with E-state index in [1.165, 1.54) is 24.1 Å². The zero-order valence-electron chi connectivity index (χ0n) is 14.4. The predicted molar refractivity (Wildman–Crippen MR) is 89.4 cm³/mol. The third-order valence-electron chi connectivity index (χ3n) is 4.45. The first kappa shape index (κ1) is 18.1. The molecule has 4 nitrogen and oxygen atoms in total. The fourth-order valence-electron chi connectivity index (χ4n) is 3.09. The van der Waals surface area contributed by atoms with Gasteiger partial charge >= 0.3 is 6.18 Å². The monoisotopic (exact) mass is 365 g/mol. The molecule has 1 aliphatic heterocycles. The highest BCUT2D eigenvalue weighted by molar-refractivity contribution is 5.94. The lowest BCUT2D eigenvalue weighted by atomic mass is 9.97. The maximum atomic E-state index is 12.9. The minimum Gasteiger partial charge on any atom is -0.497 e. The summed E-state index contributed by atoms with van der Waals surface area (Å²) in [5.74, 6) is 0.832. The molecule has 0 aromatic heterocycles. The molecule has 0 bridgehead atoms. The highest BCUT2D eigenvalue weighted by Gasteiger charge is 2.32. The van der Waals surface area contributed by atoms with Crippen molar-refractivity contribution < 1.29 is 27.4 Å². The van der Waals surface area contributed by atoms with Gasteiger partial charge in [-0.05, 0) is 36.2 Å². The van der Waals surface area contributed by atoms with Crippen LogP contribution in [0.3, 0.4) is 0 Å². The molecule has 2 aromatic rings. The average Bonchev–Trinajstić information content (AvgIpc) is 2.65. The second-order valence-electron chi connectivity index (χ2n) is 6.02. The van der Waals surface area contributed by atoms with Crippen molar-refractivity contribution in [3.63, 3.8) is 0 Å². The molecular formula is C19H18F3NO3. The minimum absolute atomic E-state index is 0.0238. The van der Waals surface area contributed by atoms with Gasteiger partial charge in [0.25, 0.3) is 5.91 Å². The van der Waals surface area contributed by atoms with Crippen LogP contribution in [0.4, 0.5) is 13.2 Å². The third kappa shape index (κ3) is 3.47. The van der Waals surface area contributed by atoms with E-state index < -0.39 is 17.6 Å². The van der Waals surface area contributed by atoms with Crippen LogP contribution < -0.4 is 9.47 Å². The van der Waals surface area contributed by atoms with Crippen molar-refractivity contribution in [3.05, 3.63) is 58.7 Å². The summed E-state index contributed by atoms with van der Waals surface area (Å²) in [4.78, 5) is 14.2. The lowest BCUT2D eigenvalue weighted by Gasteiger charge is -2.30. The molecule has 0 atom stereocenters. The van der Waals surface area contributed by atoms with E-state index in [9.17, 15) is 18.0 Å². The van der Waals surface area contributed by atoms with Gasteiger partial charge in [0.05, 0.1) is 19.8 Å². The van der Waals surface area contributed by atoms with Crippen molar-refractivity contribution in [2.75, 3.05) is 20.8 Å². The van der Waals surface area contributed by atoms with Gasteiger partial charge in [0.15, 0.2) is 0 Å². The number of hydrogen-bond donors (Lipinski definition) is 0. The number of hydrogen-bond acceptors (Lipinski definition) is 3. The van der Waals surface area contributed by atoms with Gasteiger partial charge in [0.2, 0.25) is 0 Å². The summed E-state index contributed by atoms with van der Waals surface area (Å²) < 4.78 is 49.3. The molecule has 1 amide bonds. The maximum Gasteiger partial charge on any atom is 0.416 e. The summed E-state index contributed by atoms with van der Waals surface area (Å²) in [5, 5.41) is 0. The standard InChI is InChI=1S/C19H18F3NO3/c1-25-15-9-12-6-7-23(11-16(12)17(10-15)26-2)18(24)13-4-3-5-14(8-13)19(20,21)22/h3-5,8-10H,6-7,11H2,1-2H3. The van der Waals surface area contributed by atoms with Gasteiger partial charge in [0.1, 0.15) is 11.5 Å². The van der Waals surface area contributed by atoms with Gasteiger partial charge in [0, 0.05) is 30.3 Å².